The molecule has 2 rings (SSSR count). The highest BCUT2D eigenvalue weighted by Gasteiger charge is 2.00. The minimum absolute atomic E-state index is 0.180. The van der Waals surface area contributed by atoms with Crippen molar-refractivity contribution in [3.8, 4) is 0 Å². The lowest BCUT2D eigenvalue weighted by Gasteiger charge is -2.06. The summed E-state index contributed by atoms with van der Waals surface area (Å²) in [6, 6.07) is 4.87. The zero-order valence-electron chi connectivity index (χ0n) is 9.03. The van der Waals surface area contributed by atoms with Gasteiger partial charge in [0.1, 0.15) is 5.82 Å². The van der Waals surface area contributed by atoms with E-state index in [-0.39, 0.29) is 5.82 Å². The van der Waals surface area contributed by atoms with E-state index in [1.54, 1.807) is 23.5 Å². The predicted molar refractivity (Wildman–Crippen MR) is 63.8 cm³/mol. The zero-order chi connectivity index (χ0) is 11.4. The van der Waals surface area contributed by atoms with Gasteiger partial charge in [0, 0.05) is 24.2 Å². The average molecular weight is 236 g/mol. The minimum Gasteiger partial charge on any atom is -0.308 e. The quantitative estimate of drug-likeness (QED) is 0.883. The van der Waals surface area contributed by atoms with Crippen LogP contribution in [0.3, 0.4) is 0 Å². The fourth-order valence-corrected chi connectivity index (χ4v) is 2.04. The molecule has 0 amide bonds. The lowest BCUT2D eigenvalue weighted by atomic mass is 10.1. The van der Waals surface area contributed by atoms with Crippen LogP contribution in [0.15, 0.2) is 29.9 Å². The molecule has 0 saturated carbocycles. The van der Waals surface area contributed by atoms with E-state index in [0.717, 1.165) is 17.7 Å². The molecule has 0 saturated heterocycles. The Kier molecular flexibility index (Phi) is 3.64. The fraction of sp³-hybridized carbons (Fsp3) is 0.250. The second-order valence-corrected chi connectivity index (χ2v) is 4.61. The van der Waals surface area contributed by atoms with E-state index in [0.29, 0.717) is 6.54 Å². The van der Waals surface area contributed by atoms with Crippen LogP contribution in [0.5, 0.6) is 0 Å². The third kappa shape index (κ3) is 2.87. The Balaban J connectivity index is 1.92. The maximum absolute atomic E-state index is 13.0. The first-order valence-corrected chi connectivity index (χ1v) is 5.97. The van der Waals surface area contributed by atoms with Gasteiger partial charge >= 0.3 is 0 Å². The summed E-state index contributed by atoms with van der Waals surface area (Å²) in [6.07, 6.45) is 1.84. The largest absolute Gasteiger partial charge is 0.308 e. The maximum atomic E-state index is 13.0. The first-order valence-electron chi connectivity index (χ1n) is 5.09. The third-order valence-electron chi connectivity index (χ3n) is 2.41. The van der Waals surface area contributed by atoms with Crippen LogP contribution in [-0.2, 0) is 13.1 Å². The van der Waals surface area contributed by atoms with Gasteiger partial charge in [-0.05, 0) is 30.2 Å². The van der Waals surface area contributed by atoms with Crippen molar-refractivity contribution in [1.29, 1.82) is 0 Å². The molecule has 0 aliphatic rings. The predicted octanol–water partition coefficient (Wildman–Crippen LogP) is 2.88. The third-order valence-corrected chi connectivity index (χ3v) is 3.19. The van der Waals surface area contributed by atoms with E-state index in [2.05, 4.69) is 10.3 Å². The number of hydrogen-bond donors (Lipinski definition) is 1. The lowest BCUT2D eigenvalue weighted by Crippen LogP contribution is -2.12. The first kappa shape index (κ1) is 11.2. The van der Waals surface area contributed by atoms with Crippen molar-refractivity contribution >= 4 is 11.3 Å². The van der Waals surface area contributed by atoms with E-state index in [4.69, 9.17) is 0 Å². The van der Waals surface area contributed by atoms with Crippen LogP contribution in [0.25, 0.3) is 0 Å². The molecule has 1 N–H and O–H groups in total. The van der Waals surface area contributed by atoms with Crippen molar-refractivity contribution < 1.29 is 4.39 Å². The van der Waals surface area contributed by atoms with Crippen molar-refractivity contribution in [2.24, 2.45) is 0 Å². The summed E-state index contributed by atoms with van der Waals surface area (Å²) in [6.45, 7) is 3.45. The number of nitrogens with zero attached hydrogens (tertiary/aromatic N) is 1. The molecule has 1 aromatic heterocycles. The fourth-order valence-electron chi connectivity index (χ4n) is 1.48. The Morgan fingerprint density at radius 1 is 1.38 bits per heavy atom. The molecule has 0 unspecified atom stereocenters. The van der Waals surface area contributed by atoms with Crippen LogP contribution >= 0.6 is 11.3 Å². The van der Waals surface area contributed by atoms with E-state index in [1.807, 2.05) is 18.6 Å². The molecule has 0 bridgehead atoms. The Labute approximate surface area is 98.2 Å². The van der Waals surface area contributed by atoms with Gasteiger partial charge in [-0.3, -0.25) is 4.98 Å². The van der Waals surface area contributed by atoms with Gasteiger partial charge in [0.15, 0.2) is 0 Å². The highest BCUT2D eigenvalue weighted by molar-refractivity contribution is 7.09. The molecular formula is C12H13FN2S. The minimum atomic E-state index is -0.180. The van der Waals surface area contributed by atoms with Crippen LogP contribution in [0.1, 0.15) is 16.0 Å². The average Bonchev–Trinajstić information content (AvgIpc) is 2.76. The van der Waals surface area contributed by atoms with Crippen LogP contribution in [0, 0.1) is 12.7 Å². The molecule has 2 nitrogen and oxygen atoms in total. The van der Waals surface area contributed by atoms with Gasteiger partial charge in [0.05, 0.1) is 5.51 Å². The summed E-state index contributed by atoms with van der Waals surface area (Å²) in [5, 5.41) is 3.28. The first-order chi connectivity index (χ1) is 7.75. The Hall–Kier alpha value is -1.26. The van der Waals surface area contributed by atoms with Crippen molar-refractivity contribution in [1.82, 2.24) is 10.3 Å². The number of rotatable bonds is 4. The van der Waals surface area contributed by atoms with Crippen molar-refractivity contribution in [2.45, 2.75) is 20.0 Å². The number of aryl methyl sites for hydroxylation is 1. The van der Waals surface area contributed by atoms with Gasteiger partial charge in [-0.2, -0.15) is 0 Å². The lowest BCUT2D eigenvalue weighted by molar-refractivity contribution is 0.619. The normalized spacial score (nSPS) is 10.6. The van der Waals surface area contributed by atoms with Gasteiger partial charge < -0.3 is 5.32 Å². The number of nitrogens with one attached hydrogen (secondary N) is 1. The second-order valence-electron chi connectivity index (χ2n) is 3.64. The number of hydrogen-bond acceptors (Lipinski definition) is 3. The molecule has 16 heavy (non-hydrogen) atoms. The summed E-state index contributed by atoms with van der Waals surface area (Å²) >= 11 is 1.62. The van der Waals surface area contributed by atoms with Crippen LogP contribution in [0.4, 0.5) is 4.39 Å². The molecule has 0 radical (unpaired) electrons. The topological polar surface area (TPSA) is 24.9 Å². The monoisotopic (exact) mass is 236 g/mol. The van der Waals surface area contributed by atoms with Crippen LogP contribution in [0.2, 0.25) is 0 Å². The van der Waals surface area contributed by atoms with Gasteiger partial charge in [0.25, 0.3) is 0 Å². The SMILES string of the molecule is Cc1ccc(F)cc1CNCc1cncs1. The summed E-state index contributed by atoms with van der Waals surface area (Å²) < 4.78 is 13.0. The molecule has 1 heterocycles. The molecule has 1 aromatic carbocycles. The number of thiazole rings is 1. The van der Waals surface area contributed by atoms with E-state index in [9.17, 15) is 4.39 Å². The zero-order valence-corrected chi connectivity index (χ0v) is 9.85. The standard InChI is InChI=1S/C12H13FN2S/c1-9-2-3-11(13)4-10(9)5-14-6-12-7-15-8-16-12/h2-4,7-8,14H,5-6H2,1H3. The van der Waals surface area contributed by atoms with Crippen LogP contribution < -0.4 is 5.32 Å². The van der Waals surface area contributed by atoms with Crippen molar-refractivity contribution in [2.75, 3.05) is 0 Å². The molecule has 84 valence electrons. The van der Waals surface area contributed by atoms with Gasteiger partial charge in [-0.25, -0.2) is 4.39 Å². The molecule has 4 heteroatoms. The summed E-state index contributed by atoms with van der Waals surface area (Å²) in [4.78, 5) is 5.19. The highest BCUT2D eigenvalue weighted by Crippen LogP contribution is 2.10. The number of aromatic nitrogens is 1. The maximum Gasteiger partial charge on any atom is 0.123 e. The Morgan fingerprint density at radius 3 is 3.00 bits per heavy atom. The van der Waals surface area contributed by atoms with E-state index < -0.39 is 0 Å². The smallest absolute Gasteiger partial charge is 0.123 e. The van der Waals surface area contributed by atoms with E-state index in [1.165, 1.54) is 10.9 Å². The molecule has 0 aliphatic heterocycles. The number of halogens is 1. The van der Waals surface area contributed by atoms with Gasteiger partial charge in [-0.15, -0.1) is 11.3 Å². The second kappa shape index (κ2) is 5.18. The number of benzene rings is 1. The van der Waals surface area contributed by atoms with Crippen LogP contribution in [-0.4, -0.2) is 4.98 Å². The van der Waals surface area contributed by atoms with Gasteiger partial charge in [-0.1, -0.05) is 6.07 Å². The summed E-state index contributed by atoms with van der Waals surface area (Å²) in [5.41, 5.74) is 3.92. The molecule has 0 aliphatic carbocycles. The van der Waals surface area contributed by atoms with Gasteiger partial charge in [0.2, 0.25) is 0 Å². The molecule has 0 fully saturated rings. The molecular weight excluding hydrogens is 223 g/mol. The summed E-state index contributed by atoms with van der Waals surface area (Å²) in [7, 11) is 0. The highest BCUT2D eigenvalue weighted by atomic mass is 32.1. The van der Waals surface area contributed by atoms with Crippen molar-refractivity contribution in [3.63, 3.8) is 0 Å². The summed E-state index contributed by atoms with van der Waals surface area (Å²) in [5.74, 6) is -0.180. The van der Waals surface area contributed by atoms with Crippen molar-refractivity contribution in [3.05, 3.63) is 51.7 Å². The molecule has 0 atom stereocenters. The molecule has 0 spiro atoms. The Bertz CT molecular complexity index is 454. The Morgan fingerprint density at radius 2 is 2.25 bits per heavy atom. The van der Waals surface area contributed by atoms with E-state index >= 15 is 0 Å². The molecule has 2 aromatic rings.